The molecule has 2 aliphatic heterocycles. The largest absolute Gasteiger partial charge is 0.340 e. The molecule has 2 saturated heterocycles. The number of hydrogen-bond donors (Lipinski definition) is 0. The van der Waals surface area contributed by atoms with E-state index in [1.165, 1.54) is 12.8 Å². The number of benzene rings is 2. The van der Waals surface area contributed by atoms with Crippen LogP contribution in [0.5, 0.6) is 0 Å². The molecular formula is C29H36ClN3O2. The van der Waals surface area contributed by atoms with E-state index in [-0.39, 0.29) is 5.91 Å². The minimum absolute atomic E-state index is 0.0959. The highest BCUT2D eigenvalue weighted by atomic mass is 35.5. The highest BCUT2D eigenvalue weighted by molar-refractivity contribution is 6.31. The number of carbonyl (C=O) groups excluding carboxylic acids is 2. The van der Waals surface area contributed by atoms with Crippen molar-refractivity contribution in [3.05, 3.63) is 58.6 Å². The van der Waals surface area contributed by atoms with E-state index in [0.717, 1.165) is 85.7 Å². The molecular weight excluding hydrogens is 458 g/mol. The van der Waals surface area contributed by atoms with E-state index < -0.39 is 0 Å². The zero-order valence-corrected chi connectivity index (χ0v) is 21.5. The number of rotatable bonds is 5. The Bertz CT molecular complexity index is 1080. The standard InChI is InChI=1S/C29H36ClN3O2/c1-31-14-16-32(17-15-31)29(35)26-9-3-2-8-25(26)22-11-12-23(27(30)20-22)18-21-6-4-7-24(19-21)33-13-5-10-28(33)34/h2-3,8-9,11-12,20-21,24H,4-7,10,13-19H2,1H3. The summed E-state index contributed by atoms with van der Waals surface area (Å²) in [5.41, 5.74) is 3.83. The fourth-order valence-corrected chi connectivity index (χ4v) is 6.34. The average Bonchev–Trinajstić information content (AvgIpc) is 3.31. The Morgan fingerprint density at radius 2 is 1.80 bits per heavy atom. The lowest BCUT2D eigenvalue weighted by Crippen LogP contribution is -2.47. The Hall–Kier alpha value is -2.37. The first-order valence-electron chi connectivity index (χ1n) is 13.1. The van der Waals surface area contributed by atoms with Crippen molar-refractivity contribution >= 4 is 23.4 Å². The van der Waals surface area contributed by atoms with Gasteiger partial charge in [-0.25, -0.2) is 0 Å². The summed E-state index contributed by atoms with van der Waals surface area (Å²) < 4.78 is 0. The first-order valence-corrected chi connectivity index (χ1v) is 13.5. The highest BCUT2D eigenvalue weighted by Crippen LogP contribution is 2.35. The molecule has 2 heterocycles. The maximum atomic E-state index is 13.3. The van der Waals surface area contributed by atoms with Gasteiger partial charge in [0.25, 0.3) is 5.91 Å². The molecule has 2 amide bonds. The number of likely N-dealkylation sites (tertiary alicyclic amines) is 1. The molecule has 2 aromatic rings. The summed E-state index contributed by atoms with van der Waals surface area (Å²) >= 11 is 6.82. The quantitative estimate of drug-likeness (QED) is 0.580. The van der Waals surface area contributed by atoms with Crippen LogP contribution in [0, 0.1) is 5.92 Å². The SMILES string of the molecule is CN1CCN(C(=O)c2ccccc2-c2ccc(CC3CCCC(N4CCCC4=O)C3)c(Cl)c2)CC1. The van der Waals surface area contributed by atoms with E-state index in [2.05, 4.69) is 29.0 Å². The zero-order chi connectivity index (χ0) is 24.4. The van der Waals surface area contributed by atoms with Crippen LogP contribution in [0.1, 0.15) is 54.4 Å². The van der Waals surface area contributed by atoms with E-state index in [0.29, 0.717) is 24.3 Å². The van der Waals surface area contributed by atoms with Crippen LogP contribution in [0.4, 0.5) is 0 Å². The van der Waals surface area contributed by atoms with Crippen LogP contribution < -0.4 is 0 Å². The molecule has 0 radical (unpaired) electrons. The van der Waals surface area contributed by atoms with Crippen molar-refractivity contribution in [2.24, 2.45) is 5.92 Å². The molecule has 2 unspecified atom stereocenters. The number of piperazine rings is 1. The Labute approximate surface area is 214 Å². The van der Waals surface area contributed by atoms with Crippen molar-refractivity contribution in [1.82, 2.24) is 14.7 Å². The van der Waals surface area contributed by atoms with Crippen LogP contribution in [-0.2, 0) is 11.2 Å². The Morgan fingerprint density at radius 1 is 1.00 bits per heavy atom. The van der Waals surface area contributed by atoms with Gasteiger partial charge >= 0.3 is 0 Å². The summed E-state index contributed by atoms with van der Waals surface area (Å²) in [6.45, 7) is 4.26. The predicted octanol–water partition coefficient (Wildman–Crippen LogP) is 5.12. The summed E-state index contributed by atoms with van der Waals surface area (Å²) in [5.74, 6) is 0.984. The number of amides is 2. The third-order valence-electron chi connectivity index (χ3n) is 8.13. The molecule has 6 heteroatoms. The van der Waals surface area contributed by atoms with Gasteiger partial charge < -0.3 is 14.7 Å². The van der Waals surface area contributed by atoms with E-state index in [9.17, 15) is 9.59 Å². The first-order chi connectivity index (χ1) is 17.0. The van der Waals surface area contributed by atoms with E-state index in [1.54, 1.807) is 0 Å². The van der Waals surface area contributed by atoms with Gasteiger partial charge in [-0.05, 0) is 73.9 Å². The second-order valence-corrected chi connectivity index (χ2v) is 10.9. The van der Waals surface area contributed by atoms with Crippen LogP contribution >= 0.6 is 11.6 Å². The molecule has 5 nitrogen and oxygen atoms in total. The molecule has 0 aromatic heterocycles. The molecule has 1 aliphatic carbocycles. The molecule has 0 bridgehead atoms. The Morgan fingerprint density at radius 3 is 2.54 bits per heavy atom. The monoisotopic (exact) mass is 493 g/mol. The molecule has 35 heavy (non-hydrogen) atoms. The fourth-order valence-electron chi connectivity index (χ4n) is 6.08. The summed E-state index contributed by atoms with van der Waals surface area (Å²) in [7, 11) is 2.10. The third-order valence-corrected chi connectivity index (χ3v) is 8.48. The van der Waals surface area contributed by atoms with Crippen molar-refractivity contribution in [2.45, 2.75) is 51.0 Å². The van der Waals surface area contributed by atoms with Crippen LogP contribution in [0.3, 0.4) is 0 Å². The Kier molecular flexibility index (Phi) is 7.45. The van der Waals surface area contributed by atoms with E-state index in [4.69, 9.17) is 11.6 Å². The van der Waals surface area contributed by atoms with Gasteiger partial charge in [0.05, 0.1) is 0 Å². The number of halogens is 1. The van der Waals surface area contributed by atoms with E-state index >= 15 is 0 Å². The molecule has 3 aliphatic rings. The normalized spacial score (nSPS) is 23.7. The predicted molar refractivity (Wildman–Crippen MR) is 141 cm³/mol. The zero-order valence-electron chi connectivity index (χ0n) is 20.7. The minimum Gasteiger partial charge on any atom is -0.340 e. The lowest BCUT2D eigenvalue weighted by molar-refractivity contribution is -0.130. The van der Waals surface area contributed by atoms with Crippen LogP contribution in [0.2, 0.25) is 5.02 Å². The van der Waals surface area contributed by atoms with Crippen molar-refractivity contribution in [3.63, 3.8) is 0 Å². The third kappa shape index (κ3) is 5.41. The maximum absolute atomic E-state index is 13.3. The summed E-state index contributed by atoms with van der Waals surface area (Å²) in [6.07, 6.45) is 7.24. The van der Waals surface area contributed by atoms with E-state index in [1.807, 2.05) is 35.2 Å². The molecule has 2 aromatic carbocycles. The van der Waals surface area contributed by atoms with Crippen molar-refractivity contribution in [3.8, 4) is 11.1 Å². The molecule has 1 saturated carbocycles. The smallest absolute Gasteiger partial charge is 0.254 e. The van der Waals surface area contributed by atoms with Crippen molar-refractivity contribution in [2.75, 3.05) is 39.8 Å². The topological polar surface area (TPSA) is 43.9 Å². The lowest BCUT2D eigenvalue weighted by atomic mass is 9.81. The fraction of sp³-hybridized carbons (Fsp3) is 0.517. The van der Waals surface area contributed by atoms with Crippen molar-refractivity contribution < 1.29 is 9.59 Å². The van der Waals surface area contributed by atoms with Gasteiger partial charge in [-0.2, -0.15) is 0 Å². The maximum Gasteiger partial charge on any atom is 0.254 e. The number of nitrogens with zero attached hydrogens (tertiary/aromatic N) is 3. The summed E-state index contributed by atoms with van der Waals surface area (Å²) in [4.78, 5) is 31.9. The average molecular weight is 494 g/mol. The van der Waals surface area contributed by atoms with Gasteiger partial charge in [0.15, 0.2) is 0 Å². The van der Waals surface area contributed by atoms with Crippen LogP contribution in [0.25, 0.3) is 11.1 Å². The van der Waals surface area contributed by atoms with Gasteiger partial charge in [-0.1, -0.05) is 48.4 Å². The van der Waals surface area contributed by atoms with Gasteiger partial charge in [0.2, 0.25) is 5.91 Å². The molecule has 3 fully saturated rings. The number of hydrogen-bond acceptors (Lipinski definition) is 3. The number of likely N-dealkylation sites (N-methyl/N-ethyl adjacent to an activating group) is 1. The molecule has 0 spiro atoms. The van der Waals surface area contributed by atoms with Gasteiger partial charge in [0, 0.05) is 55.8 Å². The highest BCUT2D eigenvalue weighted by Gasteiger charge is 2.32. The molecule has 5 rings (SSSR count). The molecule has 186 valence electrons. The lowest BCUT2D eigenvalue weighted by Gasteiger charge is -2.35. The minimum atomic E-state index is 0.0959. The second kappa shape index (κ2) is 10.7. The van der Waals surface area contributed by atoms with Crippen LogP contribution in [-0.4, -0.2) is 72.3 Å². The molecule has 2 atom stereocenters. The van der Waals surface area contributed by atoms with Gasteiger partial charge in [-0.3, -0.25) is 9.59 Å². The second-order valence-electron chi connectivity index (χ2n) is 10.5. The van der Waals surface area contributed by atoms with Crippen LogP contribution in [0.15, 0.2) is 42.5 Å². The van der Waals surface area contributed by atoms with Crippen molar-refractivity contribution in [1.29, 1.82) is 0 Å². The molecule has 0 N–H and O–H groups in total. The number of carbonyl (C=O) groups is 2. The van der Waals surface area contributed by atoms with Gasteiger partial charge in [0.1, 0.15) is 0 Å². The summed E-state index contributed by atoms with van der Waals surface area (Å²) in [5, 5.41) is 0.767. The first kappa shape index (κ1) is 24.3. The summed E-state index contributed by atoms with van der Waals surface area (Å²) in [6, 6.07) is 14.5. The Balaban J connectivity index is 1.30. The van der Waals surface area contributed by atoms with Gasteiger partial charge in [-0.15, -0.1) is 0 Å².